The molecule has 0 amide bonds. The molecule has 6 heterocycles. The van der Waals surface area contributed by atoms with Crippen LogP contribution in [-0.4, -0.2) is 29.1 Å². The Bertz CT molecular complexity index is 3160. The first-order valence-electron chi connectivity index (χ1n) is 18.7. The molecule has 0 spiro atoms. The molecule has 0 unspecified atom stereocenters. The van der Waals surface area contributed by atoms with Crippen LogP contribution < -0.4 is 0 Å². The zero-order valence-corrected chi connectivity index (χ0v) is 30.2. The Balaban J connectivity index is 1.05. The zero-order valence-electron chi connectivity index (χ0n) is 30.2. The number of hydrogen-bond donors (Lipinski definition) is 0. The molecule has 0 aliphatic rings. The lowest BCUT2D eigenvalue weighted by Crippen LogP contribution is -1.95. The molecule has 0 atom stereocenters. The molecule has 6 heteroatoms. The Kier molecular flexibility index (Phi) is 7.38. The number of rotatable bonds is 6. The normalized spacial score (nSPS) is 11.6. The van der Waals surface area contributed by atoms with Crippen LogP contribution in [-0.2, 0) is 0 Å². The van der Waals surface area contributed by atoms with Crippen LogP contribution >= 0.6 is 0 Å². The van der Waals surface area contributed by atoms with Gasteiger partial charge in [-0.3, -0.25) is 14.5 Å². The summed E-state index contributed by atoms with van der Waals surface area (Å²) in [5, 5.41) is 4.76. The molecule has 262 valence electrons. The predicted molar refractivity (Wildman–Crippen MR) is 228 cm³/mol. The van der Waals surface area contributed by atoms with E-state index in [0.717, 1.165) is 72.9 Å². The van der Waals surface area contributed by atoms with E-state index in [1.165, 1.54) is 27.3 Å². The number of pyridine rings is 4. The van der Waals surface area contributed by atoms with E-state index in [2.05, 4.69) is 153 Å². The second kappa shape index (κ2) is 13.0. The topological polar surface area (TPSA) is 61.4 Å². The number of hydrogen-bond acceptors (Lipinski definition) is 4. The molecule has 56 heavy (non-hydrogen) atoms. The third-order valence-electron chi connectivity index (χ3n) is 10.7. The van der Waals surface area contributed by atoms with E-state index < -0.39 is 0 Å². The molecule has 11 aromatic rings. The van der Waals surface area contributed by atoms with Crippen molar-refractivity contribution in [3.05, 3.63) is 195 Å². The quantitative estimate of drug-likeness (QED) is 0.172. The third-order valence-corrected chi connectivity index (χ3v) is 10.7. The van der Waals surface area contributed by atoms with Crippen molar-refractivity contribution in [1.82, 2.24) is 29.1 Å². The number of aromatic nitrogens is 6. The van der Waals surface area contributed by atoms with Gasteiger partial charge < -0.3 is 4.57 Å². The lowest BCUT2D eigenvalue weighted by Gasteiger charge is -2.12. The number of nitrogens with zero attached hydrogens (tertiary/aromatic N) is 6. The van der Waals surface area contributed by atoms with Gasteiger partial charge in [0, 0.05) is 51.5 Å². The molecule has 11 rings (SSSR count). The number of benzene rings is 5. The van der Waals surface area contributed by atoms with Gasteiger partial charge in [-0.25, -0.2) is 9.97 Å². The lowest BCUT2D eigenvalue weighted by molar-refractivity contribution is 1.14. The highest BCUT2D eigenvalue weighted by molar-refractivity contribution is 6.17. The smallest absolute Gasteiger partial charge is 0.145 e. The fourth-order valence-corrected chi connectivity index (χ4v) is 8.18. The summed E-state index contributed by atoms with van der Waals surface area (Å²) in [6, 6.07) is 61.7. The van der Waals surface area contributed by atoms with Crippen molar-refractivity contribution in [2.45, 2.75) is 0 Å². The molecule has 0 bridgehead atoms. The SMILES string of the molecule is c1ccc(-n2c3ccc(-c4cccc5c4c4ccccc4n5-c4ccc(-c5cc(-c6ccccn6)nc(-c6ccccn6)c5)cc4)cc3c3cccnc32)cc1. The van der Waals surface area contributed by atoms with Crippen molar-refractivity contribution < 1.29 is 0 Å². The Morgan fingerprint density at radius 3 is 1.71 bits per heavy atom. The maximum absolute atomic E-state index is 4.97. The van der Waals surface area contributed by atoms with Gasteiger partial charge in [0.25, 0.3) is 0 Å². The first-order chi connectivity index (χ1) is 27.8. The van der Waals surface area contributed by atoms with Crippen LogP contribution in [0.5, 0.6) is 0 Å². The van der Waals surface area contributed by atoms with E-state index in [4.69, 9.17) is 9.97 Å². The lowest BCUT2D eigenvalue weighted by atomic mass is 9.98. The molecule has 0 radical (unpaired) electrons. The van der Waals surface area contributed by atoms with Gasteiger partial charge in [0.1, 0.15) is 5.65 Å². The maximum Gasteiger partial charge on any atom is 0.145 e. The minimum atomic E-state index is 0.807. The van der Waals surface area contributed by atoms with Gasteiger partial charge in [-0.2, -0.15) is 0 Å². The summed E-state index contributed by atoms with van der Waals surface area (Å²) in [6.07, 6.45) is 5.48. The van der Waals surface area contributed by atoms with E-state index in [9.17, 15) is 0 Å². The summed E-state index contributed by atoms with van der Waals surface area (Å²) in [5.41, 5.74) is 14.4. The van der Waals surface area contributed by atoms with Gasteiger partial charge in [-0.1, -0.05) is 78.9 Å². The summed E-state index contributed by atoms with van der Waals surface area (Å²) in [7, 11) is 0. The Labute approximate surface area is 322 Å². The fourth-order valence-electron chi connectivity index (χ4n) is 8.18. The van der Waals surface area contributed by atoms with Crippen molar-refractivity contribution in [2.24, 2.45) is 0 Å². The summed E-state index contributed by atoms with van der Waals surface area (Å²) >= 11 is 0. The summed E-state index contributed by atoms with van der Waals surface area (Å²) in [6.45, 7) is 0. The molecule has 0 aliphatic carbocycles. The number of fused-ring (bicyclic) bond motifs is 6. The molecular formula is C50H32N6. The molecule has 0 N–H and O–H groups in total. The van der Waals surface area contributed by atoms with E-state index in [1.54, 1.807) is 12.4 Å². The highest BCUT2D eigenvalue weighted by Crippen LogP contribution is 2.41. The van der Waals surface area contributed by atoms with Gasteiger partial charge in [0.2, 0.25) is 0 Å². The van der Waals surface area contributed by atoms with Gasteiger partial charge in [0.15, 0.2) is 0 Å². The van der Waals surface area contributed by atoms with Crippen molar-refractivity contribution in [3.63, 3.8) is 0 Å². The van der Waals surface area contributed by atoms with Crippen molar-refractivity contribution in [3.8, 4) is 56.4 Å². The van der Waals surface area contributed by atoms with Gasteiger partial charge in [0.05, 0.1) is 39.3 Å². The van der Waals surface area contributed by atoms with Crippen LogP contribution in [0.1, 0.15) is 0 Å². The highest BCUT2D eigenvalue weighted by Gasteiger charge is 2.19. The van der Waals surface area contributed by atoms with Crippen molar-refractivity contribution in [2.75, 3.05) is 0 Å². The third kappa shape index (κ3) is 5.19. The molecule has 5 aromatic carbocycles. The summed E-state index contributed by atoms with van der Waals surface area (Å²) in [5.74, 6) is 0. The highest BCUT2D eigenvalue weighted by atomic mass is 15.0. The zero-order chi connectivity index (χ0) is 37.0. The van der Waals surface area contributed by atoms with Crippen LogP contribution in [0.25, 0.3) is 100 Å². The molecular weight excluding hydrogens is 685 g/mol. The van der Waals surface area contributed by atoms with Crippen LogP contribution in [0, 0.1) is 0 Å². The average Bonchev–Trinajstić information content (AvgIpc) is 3.80. The Morgan fingerprint density at radius 1 is 0.339 bits per heavy atom. The largest absolute Gasteiger partial charge is 0.309 e. The number of para-hydroxylation sites is 2. The summed E-state index contributed by atoms with van der Waals surface area (Å²) in [4.78, 5) is 19.0. The van der Waals surface area contributed by atoms with E-state index >= 15 is 0 Å². The summed E-state index contributed by atoms with van der Waals surface area (Å²) < 4.78 is 4.64. The molecule has 0 fully saturated rings. The van der Waals surface area contributed by atoms with Crippen LogP contribution in [0.4, 0.5) is 0 Å². The first-order valence-corrected chi connectivity index (χ1v) is 18.7. The second-order valence-corrected chi connectivity index (χ2v) is 13.9. The monoisotopic (exact) mass is 716 g/mol. The van der Waals surface area contributed by atoms with E-state index in [0.29, 0.717) is 0 Å². The minimum Gasteiger partial charge on any atom is -0.309 e. The first kappa shape index (κ1) is 31.8. The van der Waals surface area contributed by atoms with Gasteiger partial charge in [-0.05, 0) is 119 Å². The Hall–Kier alpha value is -7.70. The van der Waals surface area contributed by atoms with Crippen LogP contribution in [0.3, 0.4) is 0 Å². The second-order valence-electron chi connectivity index (χ2n) is 13.9. The Morgan fingerprint density at radius 2 is 0.964 bits per heavy atom. The molecule has 6 nitrogen and oxygen atoms in total. The maximum atomic E-state index is 4.97. The van der Waals surface area contributed by atoms with Crippen LogP contribution in [0.15, 0.2) is 195 Å². The van der Waals surface area contributed by atoms with Crippen LogP contribution in [0.2, 0.25) is 0 Å². The fraction of sp³-hybridized carbons (Fsp3) is 0. The average molecular weight is 717 g/mol. The molecule has 0 saturated carbocycles. The molecule has 0 aliphatic heterocycles. The van der Waals surface area contributed by atoms with Gasteiger partial charge in [-0.15, -0.1) is 0 Å². The van der Waals surface area contributed by atoms with E-state index in [1.807, 2.05) is 48.7 Å². The van der Waals surface area contributed by atoms with Crippen molar-refractivity contribution >= 4 is 43.7 Å². The molecule has 6 aromatic heterocycles. The molecule has 0 saturated heterocycles. The van der Waals surface area contributed by atoms with Crippen molar-refractivity contribution in [1.29, 1.82) is 0 Å². The predicted octanol–water partition coefficient (Wildman–Crippen LogP) is 12.1. The standard InChI is InChI=1S/C50H32N6/c1-2-12-36(13-3-1)56-47-26-23-34(30-41(47)39-16-11-29-53-50(39)56)38-15-10-20-48-49(38)40-14-4-5-19-46(40)55(48)37-24-21-33(22-25-37)35-31-44(42-17-6-8-27-51-42)54-45(32-35)43-18-7-9-28-52-43/h1-32H. The minimum absolute atomic E-state index is 0.807. The van der Waals surface area contributed by atoms with E-state index in [-0.39, 0.29) is 0 Å². The van der Waals surface area contributed by atoms with Gasteiger partial charge >= 0.3 is 0 Å².